The number of fused-ring (bicyclic) bond motifs is 12. The molecular weight excluding hydrogens is 637 g/mol. The SMILES string of the molecule is CC1(C)c2ccccc2-c2cc3c4cc5c(cc4n(-c4cc(C=N)c(-n6c7ccccc7c7ccccc76)cc4C#N)c3cc21)oc1ccccc15. The largest absolute Gasteiger partial charge is 0.456 e. The summed E-state index contributed by atoms with van der Waals surface area (Å²) < 4.78 is 10.8. The van der Waals surface area contributed by atoms with Crippen molar-refractivity contribution in [3.63, 3.8) is 0 Å². The first-order chi connectivity index (χ1) is 25.5. The van der Waals surface area contributed by atoms with Crippen molar-refractivity contribution in [3.05, 3.63) is 156 Å². The van der Waals surface area contributed by atoms with Crippen LogP contribution in [0.25, 0.3) is 88.1 Å². The number of furan rings is 1. The van der Waals surface area contributed by atoms with Crippen molar-refractivity contribution in [2.45, 2.75) is 19.3 Å². The van der Waals surface area contributed by atoms with E-state index in [0.717, 1.165) is 76.9 Å². The van der Waals surface area contributed by atoms with Gasteiger partial charge in [0.05, 0.1) is 39.0 Å². The van der Waals surface area contributed by atoms with E-state index in [1.54, 1.807) is 0 Å². The van der Waals surface area contributed by atoms with Crippen LogP contribution < -0.4 is 0 Å². The maximum Gasteiger partial charge on any atom is 0.137 e. The van der Waals surface area contributed by atoms with Crippen LogP contribution in [0, 0.1) is 16.7 Å². The topological polar surface area (TPSA) is 70.6 Å². The molecule has 0 saturated heterocycles. The van der Waals surface area contributed by atoms with Crippen LogP contribution in [0.5, 0.6) is 0 Å². The average Bonchev–Trinajstić information content (AvgIpc) is 3.88. The van der Waals surface area contributed by atoms with Gasteiger partial charge >= 0.3 is 0 Å². The molecule has 0 atom stereocenters. The third kappa shape index (κ3) is 3.63. The standard InChI is InChI=1S/C47H30N4O/c1-47(2)37-15-7-3-11-29(37)33-21-34-35-22-36-32-14-6-10-18-45(32)52-46(36)24-44(35)51(43(34)23-38(33)47)42-20-27(25-48)41(19-28(42)26-49)50-39-16-8-4-12-30(39)31-13-5-9-17-40(31)50/h3-25,48H,1-2H3. The van der Waals surface area contributed by atoms with Gasteiger partial charge in [0.25, 0.3) is 0 Å². The summed E-state index contributed by atoms with van der Waals surface area (Å²) in [5.41, 5.74) is 13.3. The molecule has 0 unspecified atom stereocenters. The highest BCUT2D eigenvalue weighted by Gasteiger charge is 2.36. The number of rotatable bonds is 3. The Morgan fingerprint density at radius 2 is 1.19 bits per heavy atom. The van der Waals surface area contributed by atoms with Crippen molar-refractivity contribution in [2.75, 3.05) is 0 Å². The molecule has 52 heavy (non-hydrogen) atoms. The molecule has 244 valence electrons. The van der Waals surface area contributed by atoms with Crippen LogP contribution >= 0.6 is 0 Å². The lowest BCUT2D eigenvalue weighted by atomic mass is 9.82. The molecule has 1 aliphatic carbocycles. The van der Waals surface area contributed by atoms with E-state index in [-0.39, 0.29) is 5.41 Å². The lowest BCUT2D eigenvalue weighted by molar-refractivity contribution is 0.661. The summed E-state index contributed by atoms with van der Waals surface area (Å²) >= 11 is 0. The van der Waals surface area contributed by atoms with Gasteiger partial charge in [-0.05, 0) is 70.8 Å². The molecule has 5 heteroatoms. The fourth-order valence-corrected chi connectivity index (χ4v) is 9.05. The minimum atomic E-state index is -0.205. The zero-order valence-electron chi connectivity index (χ0n) is 28.5. The number of aromatic nitrogens is 2. The van der Waals surface area contributed by atoms with Gasteiger partial charge in [-0.1, -0.05) is 92.7 Å². The minimum absolute atomic E-state index is 0.205. The normalized spacial score (nSPS) is 13.4. The zero-order valence-corrected chi connectivity index (χ0v) is 28.5. The average molecular weight is 667 g/mol. The molecule has 0 aliphatic heterocycles. The van der Waals surface area contributed by atoms with Crippen LogP contribution in [-0.2, 0) is 5.41 Å². The van der Waals surface area contributed by atoms with Crippen molar-refractivity contribution in [1.29, 1.82) is 10.7 Å². The van der Waals surface area contributed by atoms with Crippen LogP contribution in [-0.4, -0.2) is 15.3 Å². The summed E-state index contributed by atoms with van der Waals surface area (Å²) in [5, 5.41) is 26.3. The van der Waals surface area contributed by atoms with Gasteiger partial charge in [0.1, 0.15) is 17.2 Å². The van der Waals surface area contributed by atoms with Gasteiger partial charge in [0.2, 0.25) is 0 Å². The summed E-state index contributed by atoms with van der Waals surface area (Å²) in [5.74, 6) is 0. The Morgan fingerprint density at radius 1 is 0.558 bits per heavy atom. The van der Waals surface area contributed by atoms with Gasteiger partial charge < -0.3 is 19.0 Å². The fourth-order valence-electron chi connectivity index (χ4n) is 9.05. The maximum atomic E-state index is 10.9. The molecule has 10 aromatic rings. The van der Waals surface area contributed by atoms with Gasteiger partial charge in [0.15, 0.2) is 0 Å². The van der Waals surface area contributed by atoms with Crippen LogP contribution in [0.15, 0.2) is 138 Å². The highest BCUT2D eigenvalue weighted by Crippen LogP contribution is 2.51. The minimum Gasteiger partial charge on any atom is -0.456 e. The Kier molecular flexibility index (Phi) is 5.61. The maximum absolute atomic E-state index is 10.9. The van der Waals surface area contributed by atoms with Crippen molar-refractivity contribution in [3.8, 4) is 28.6 Å². The fraction of sp³-hybridized carbons (Fsp3) is 0.0638. The molecule has 0 spiro atoms. The van der Waals surface area contributed by atoms with Crippen LogP contribution in [0.1, 0.15) is 36.1 Å². The van der Waals surface area contributed by atoms with E-state index in [9.17, 15) is 5.26 Å². The lowest BCUT2D eigenvalue weighted by Gasteiger charge is -2.22. The molecule has 1 N–H and O–H groups in total. The molecule has 11 rings (SSSR count). The zero-order chi connectivity index (χ0) is 34.9. The molecule has 0 radical (unpaired) electrons. The van der Waals surface area contributed by atoms with Gasteiger partial charge in [-0.15, -0.1) is 0 Å². The molecule has 0 amide bonds. The predicted molar refractivity (Wildman–Crippen MR) is 213 cm³/mol. The first-order valence-electron chi connectivity index (χ1n) is 17.6. The highest BCUT2D eigenvalue weighted by molar-refractivity contribution is 6.18. The Hall–Kier alpha value is -6.90. The van der Waals surface area contributed by atoms with E-state index in [0.29, 0.717) is 11.1 Å². The second-order valence-corrected chi connectivity index (χ2v) is 14.4. The molecular formula is C47H30N4O. The van der Waals surface area contributed by atoms with Crippen molar-refractivity contribution in [2.24, 2.45) is 0 Å². The molecule has 0 saturated carbocycles. The number of nitrogens with zero attached hydrogens (tertiary/aromatic N) is 3. The molecule has 1 aliphatic rings. The van der Waals surface area contributed by atoms with E-state index in [4.69, 9.17) is 9.83 Å². The monoisotopic (exact) mass is 666 g/mol. The Balaban J connectivity index is 1.27. The molecule has 5 nitrogen and oxygen atoms in total. The molecule has 0 bridgehead atoms. The second-order valence-electron chi connectivity index (χ2n) is 14.4. The van der Waals surface area contributed by atoms with Crippen LogP contribution in [0.2, 0.25) is 0 Å². The van der Waals surface area contributed by atoms with E-state index in [1.165, 1.54) is 28.5 Å². The third-order valence-corrected chi connectivity index (χ3v) is 11.4. The first-order valence-corrected chi connectivity index (χ1v) is 17.6. The number of hydrogen-bond acceptors (Lipinski definition) is 3. The summed E-state index contributed by atoms with van der Waals surface area (Å²) in [6, 6.07) is 49.1. The Morgan fingerprint density at radius 3 is 1.94 bits per heavy atom. The van der Waals surface area contributed by atoms with Crippen molar-refractivity contribution < 1.29 is 4.42 Å². The second kappa shape index (κ2) is 10.1. The number of hydrogen-bond donors (Lipinski definition) is 1. The third-order valence-electron chi connectivity index (χ3n) is 11.4. The number of benzene rings is 7. The van der Waals surface area contributed by atoms with Gasteiger partial charge in [-0.25, -0.2) is 0 Å². The lowest BCUT2D eigenvalue weighted by Crippen LogP contribution is -2.15. The Bertz CT molecular complexity index is 3200. The predicted octanol–water partition coefficient (Wildman–Crippen LogP) is 12.0. The van der Waals surface area contributed by atoms with Gasteiger partial charge in [0, 0.05) is 55.6 Å². The molecule has 3 aromatic heterocycles. The highest BCUT2D eigenvalue weighted by atomic mass is 16.3. The summed E-state index contributed by atoms with van der Waals surface area (Å²) in [7, 11) is 0. The number of nitrogens with one attached hydrogen (secondary N) is 1. The van der Waals surface area contributed by atoms with Gasteiger partial charge in [-0.2, -0.15) is 5.26 Å². The first kappa shape index (κ1) is 28.9. The number of nitriles is 1. The van der Waals surface area contributed by atoms with E-state index >= 15 is 0 Å². The van der Waals surface area contributed by atoms with Crippen molar-refractivity contribution in [1.82, 2.24) is 9.13 Å². The quantitative estimate of drug-likeness (QED) is 0.191. The smallest absolute Gasteiger partial charge is 0.137 e. The molecule has 0 fully saturated rings. The van der Waals surface area contributed by atoms with Crippen LogP contribution in [0.3, 0.4) is 0 Å². The summed E-state index contributed by atoms with van der Waals surface area (Å²) in [4.78, 5) is 0. The summed E-state index contributed by atoms with van der Waals surface area (Å²) in [6.45, 7) is 4.59. The van der Waals surface area contributed by atoms with Crippen molar-refractivity contribution >= 4 is 71.8 Å². The van der Waals surface area contributed by atoms with E-state index in [1.807, 2.05) is 42.5 Å². The molecule has 3 heterocycles. The van der Waals surface area contributed by atoms with E-state index < -0.39 is 0 Å². The number of para-hydroxylation sites is 3. The summed E-state index contributed by atoms with van der Waals surface area (Å²) in [6.07, 6.45) is 1.41. The van der Waals surface area contributed by atoms with E-state index in [2.05, 4.69) is 120 Å². The Labute approximate surface area is 298 Å². The van der Waals surface area contributed by atoms with Gasteiger partial charge in [-0.3, -0.25) is 0 Å². The molecule has 7 aromatic carbocycles. The van der Waals surface area contributed by atoms with Crippen LogP contribution in [0.4, 0.5) is 0 Å².